The molecule has 1 heterocycles. The van der Waals surface area contributed by atoms with E-state index >= 15 is 0 Å². The number of halogens is 2. The maximum absolute atomic E-state index is 12.9. The Hall–Kier alpha value is -0.890. The Morgan fingerprint density at radius 3 is 2.16 bits per heavy atom. The Bertz CT molecular complexity index is 892. The van der Waals surface area contributed by atoms with Gasteiger partial charge in [-0.05, 0) is 71.2 Å². The van der Waals surface area contributed by atoms with Gasteiger partial charge in [-0.2, -0.15) is 4.31 Å². The van der Waals surface area contributed by atoms with Crippen LogP contribution in [0.25, 0.3) is 0 Å². The molecule has 0 radical (unpaired) electrons. The van der Waals surface area contributed by atoms with Crippen LogP contribution in [0.2, 0.25) is 0 Å². The predicted octanol–water partition coefficient (Wildman–Crippen LogP) is 4.34. The molecule has 0 spiro atoms. The van der Waals surface area contributed by atoms with Crippen molar-refractivity contribution >= 4 is 47.6 Å². The summed E-state index contributed by atoms with van der Waals surface area (Å²) in [4.78, 5) is 2.56. The molecular weight excluding hydrogens is 468 g/mol. The van der Waals surface area contributed by atoms with E-state index in [1.165, 1.54) is 11.1 Å². The normalized spacial score (nSPS) is 16.2. The number of rotatable bonds is 3. The van der Waals surface area contributed by atoms with Crippen LogP contribution < -0.4 is 4.90 Å². The number of anilines is 1. The summed E-state index contributed by atoms with van der Waals surface area (Å²) >= 11 is 6.73. The third-order valence-electron chi connectivity index (χ3n) is 4.61. The first-order valence-corrected chi connectivity index (χ1v) is 11.1. The highest BCUT2D eigenvalue weighted by Gasteiger charge is 2.30. The van der Waals surface area contributed by atoms with E-state index in [2.05, 4.69) is 68.8 Å². The van der Waals surface area contributed by atoms with E-state index in [0.29, 0.717) is 35.5 Å². The number of hydrogen-bond acceptors (Lipinski definition) is 3. The average molecular weight is 488 g/mol. The van der Waals surface area contributed by atoms with Gasteiger partial charge in [-0.25, -0.2) is 8.42 Å². The van der Waals surface area contributed by atoms with Crippen LogP contribution in [0, 0.1) is 13.8 Å². The van der Waals surface area contributed by atoms with Crippen LogP contribution in [0.15, 0.2) is 50.2 Å². The molecule has 25 heavy (non-hydrogen) atoms. The lowest BCUT2D eigenvalue weighted by atomic mass is 10.1. The van der Waals surface area contributed by atoms with E-state index in [4.69, 9.17) is 0 Å². The Morgan fingerprint density at radius 1 is 0.880 bits per heavy atom. The molecule has 0 unspecified atom stereocenters. The van der Waals surface area contributed by atoms with Crippen molar-refractivity contribution < 1.29 is 8.42 Å². The number of aryl methyl sites for hydroxylation is 2. The molecule has 0 saturated carbocycles. The standard InChI is InChI=1S/C18H20Br2N2O2S/c1-13-3-5-16(11-14(13)2)21-7-9-22(10-8-21)25(23,24)18-6-4-15(19)12-17(18)20/h3-6,11-12H,7-10H2,1-2H3. The molecule has 3 rings (SSSR count). The topological polar surface area (TPSA) is 40.6 Å². The van der Waals surface area contributed by atoms with Crippen LogP contribution in [0.4, 0.5) is 5.69 Å². The average Bonchev–Trinajstić information content (AvgIpc) is 2.57. The van der Waals surface area contributed by atoms with E-state index in [1.807, 2.05) is 0 Å². The first-order valence-electron chi connectivity index (χ1n) is 8.06. The summed E-state index contributed by atoms with van der Waals surface area (Å²) in [5.74, 6) is 0. The first kappa shape index (κ1) is 18.9. The lowest BCUT2D eigenvalue weighted by molar-refractivity contribution is 0.384. The van der Waals surface area contributed by atoms with E-state index in [0.717, 1.165) is 10.2 Å². The second kappa shape index (κ2) is 7.39. The Labute approximate surface area is 166 Å². The molecule has 0 aromatic heterocycles. The molecule has 1 saturated heterocycles. The molecule has 1 aliphatic rings. The summed E-state index contributed by atoms with van der Waals surface area (Å²) < 4.78 is 28.8. The second-order valence-corrected chi connectivity index (χ2v) is 9.91. The number of hydrogen-bond donors (Lipinski definition) is 0. The van der Waals surface area contributed by atoms with Crippen LogP contribution in [-0.2, 0) is 10.0 Å². The molecule has 0 aliphatic carbocycles. The molecule has 1 aliphatic heterocycles. The van der Waals surface area contributed by atoms with Gasteiger partial charge >= 0.3 is 0 Å². The SMILES string of the molecule is Cc1ccc(N2CCN(S(=O)(=O)c3ccc(Br)cc3Br)CC2)cc1C. The summed E-state index contributed by atoms with van der Waals surface area (Å²) in [5, 5.41) is 0. The molecule has 7 heteroatoms. The number of piperazine rings is 1. The summed E-state index contributed by atoms with van der Waals surface area (Å²) in [6.45, 7) is 6.55. The zero-order chi connectivity index (χ0) is 18.2. The molecule has 0 N–H and O–H groups in total. The molecule has 0 bridgehead atoms. The third-order valence-corrected chi connectivity index (χ3v) is 7.97. The fraction of sp³-hybridized carbons (Fsp3) is 0.333. The zero-order valence-corrected chi connectivity index (χ0v) is 18.2. The van der Waals surface area contributed by atoms with Gasteiger partial charge in [-0.1, -0.05) is 22.0 Å². The highest BCUT2D eigenvalue weighted by atomic mass is 79.9. The fourth-order valence-electron chi connectivity index (χ4n) is 2.93. The Balaban J connectivity index is 1.76. The predicted molar refractivity (Wildman–Crippen MR) is 109 cm³/mol. The van der Waals surface area contributed by atoms with Gasteiger partial charge in [0.15, 0.2) is 0 Å². The Kier molecular flexibility index (Phi) is 5.58. The maximum Gasteiger partial charge on any atom is 0.244 e. The molecule has 0 atom stereocenters. The smallest absolute Gasteiger partial charge is 0.244 e. The summed E-state index contributed by atoms with van der Waals surface area (Å²) in [5.41, 5.74) is 3.68. The third kappa shape index (κ3) is 3.94. The number of nitrogens with zero attached hydrogens (tertiary/aromatic N) is 2. The molecular formula is C18H20Br2N2O2S. The van der Waals surface area contributed by atoms with E-state index in [1.54, 1.807) is 22.5 Å². The highest BCUT2D eigenvalue weighted by Crippen LogP contribution is 2.29. The quantitative estimate of drug-likeness (QED) is 0.646. The van der Waals surface area contributed by atoms with Crippen molar-refractivity contribution in [3.05, 3.63) is 56.5 Å². The molecule has 1 fully saturated rings. The highest BCUT2D eigenvalue weighted by molar-refractivity contribution is 9.11. The van der Waals surface area contributed by atoms with Gasteiger partial charge < -0.3 is 4.90 Å². The van der Waals surface area contributed by atoms with Crippen LogP contribution in [-0.4, -0.2) is 38.9 Å². The molecule has 4 nitrogen and oxygen atoms in total. The van der Waals surface area contributed by atoms with Crippen LogP contribution in [0.5, 0.6) is 0 Å². The van der Waals surface area contributed by atoms with E-state index < -0.39 is 10.0 Å². The van der Waals surface area contributed by atoms with Gasteiger partial charge in [-0.3, -0.25) is 0 Å². The van der Waals surface area contributed by atoms with Gasteiger partial charge in [0, 0.05) is 40.8 Å². The van der Waals surface area contributed by atoms with Crippen LogP contribution >= 0.6 is 31.9 Å². The van der Waals surface area contributed by atoms with Crippen molar-refractivity contribution in [3.63, 3.8) is 0 Å². The number of benzene rings is 2. The van der Waals surface area contributed by atoms with Gasteiger partial charge in [0.25, 0.3) is 0 Å². The minimum Gasteiger partial charge on any atom is -0.369 e. The van der Waals surface area contributed by atoms with Gasteiger partial charge in [0.05, 0.1) is 4.90 Å². The summed E-state index contributed by atoms with van der Waals surface area (Å²) in [7, 11) is -3.49. The molecule has 134 valence electrons. The fourth-order valence-corrected chi connectivity index (χ4v) is 6.06. The van der Waals surface area contributed by atoms with E-state index in [-0.39, 0.29) is 0 Å². The van der Waals surface area contributed by atoms with Crippen LogP contribution in [0.1, 0.15) is 11.1 Å². The maximum atomic E-state index is 12.9. The van der Waals surface area contributed by atoms with Crippen LogP contribution in [0.3, 0.4) is 0 Å². The molecule has 0 amide bonds. The second-order valence-electron chi connectivity index (χ2n) is 6.23. The van der Waals surface area contributed by atoms with Crippen molar-refractivity contribution in [3.8, 4) is 0 Å². The minimum absolute atomic E-state index is 0.315. The lowest BCUT2D eigenvalue weighted by Crippen LogP contribution is -2.48. The number of sulfonamides is 1. The zero-order valence-electron chi connectivity index (χ0n) is 14.2. The van der Waals surface area contributed by atoms with Crippen molar-refractivity contribution in [1.29, 1.82) is 0 Å². The monoisotopic (exact) mass is 486 g/mol. The van der Waals surface area contributed by atoms with E-state index in [9.17, 15) is 8.42 Å². The largest absolute Gasteiger partial charge is 0.369 e. The molecule has 2 aromatic carbocycles. The lowest BCUT2D eigenvalue weighted by Gasteiger charge is -2.35. The van der Waals surface area contributed by atoms with Gasteiger partial charge in [0.1, 0.15) is 0 Å². The van der Waals surface area contributed by atoms with Gasteiger partial charge in [0.2, 0.25) is 10.0 Å². The van der Waals surface area contributed by atoms with Crippen molar-refractivity contribution in [2.24, 2.45) is 0 Å². The minimum atomic E-state index is -3.49. The van der Waals surface area contributed by atoms with Crippen molar-refractivity contribution in [1.82, 2.24) is 4.31 Å². The van der Waals surface area contributed by atoms with Gasteiger partial charge in [-0.15, -0.1) is 0 Å². The summed E-state index contributed by atoms with van der Waals surface area (Å²) in [6.07, 6.45) is 0. The van der Waals surface area contributed by atoms with Crippen molar-refractivity contribution in [2.45, 2.75) is 18.7 Å². The first-order chi connectivity index (χ1) is 11.8. The van der Waals surface area contributed by atoms with Crippen molar-refractivity contribution in [2.75, 3.05) is 31.1 Å². The Morgan fingerprint density at radius 2 is 1.56 bits per heavy atom. The molecule has 2 aromatic rings. The summed E-state index contributed by atoms with van der Waals surface area (Å²) in [6, 6.07) is 11.6.